The van der Waals surface area contributed by atoms with E-state index in [1.807, 2.05) is 12.1 Å². The highest BCUT2D eigenvalue weighted by molar-refractivity contribution is 5.97. The van der Waals surface area contributed by atoms with Crippen molar-refractivity contribution in [3.63, 3.8) is 0 Å². The second kappa shape index (κ2) is 7.88. The highest BCUT2D eigenvalue weighted by Gasteiger charge is 2.21. The third-order valence-corrected chi connectivity index (χ3v) is 4.00. The van der Waals surface area contributed by atoms with Crippen LogP contribution in [-0.2, 0) is 0 Å². The lowest BCUT2D eigenvalue weighted by molar-refractivity contribution is 0.232. The van der Waals surface area contributed by atoms with E-state index in [2.05, 4.69) is 17.0 Å². The zero-order valence-electron chi connectivity index (χ0n) is 12.7. The fraction of sp³-hybridized carbons (Fsp3) is 0.562. The first-order valence-corrected chi connectivity index (χ1v) is 7.66. The van der Waals surface area contributed by atoms with Crippen LogP contribution in [0.2, 0.25) is 0 Å². The summed E-state index contributed by atoms with van der Waals surface area (Å²) in [5, 5.41) is 11.6. The van der Waals surface area contributed by atoms with Crippen molar-refractivity contribution in [2.45, 2.75) is 26.2 Å². The number of nitrogens with zero attached hydrogens (tertiary/aromatic N) is 2. The van der Waals surface area contributed by atoms with Crippen LogP contribution in [0.15, 0.2) is 29.4 Å². The minimum atomic E-state index is 0.112. The first-order valence-electron chi connectivity index (χ1n) is 7.66. The summed E-state index contributed by atoms with van der Waals surface area (Å²) < 4.78 is 5.75. The number of nitrogens with two attached hydrogens (primary N) is 1. The summed E-state index contributed by atoms with van der Waals surface area (Å²) in [5.74, 6) is 1.80. The number of benzene rings is 1. The zero-order chi connectivity index (χ0) is 15.1. The van der Waals surface area contributed by atoms with Crippen molar-refractivity contribution in [3.8, 4) is 5.75 Å². The number of ether oxygens (including phenoxy) is 1. The van der Waals surface area contributed by atoms with Gasteiger partial charge in [-0.15, -0.1) is 0 Å². The van der Waals surface area contributed by atoms with Crippen LogP contribution in [0.1, 0.15) is 31.7 Å². The molecule has 1 aliphatic rings. The molecule has 1 saturated heterocycles. The van der Waals surface area contributed by atoms with Gasteiger partial charge >= 0.3 is 0 Å². The summed E-state index contributed by atoms with van der Waals surface area (Å²) in [7, 11) is 0. The van der Waals surface area contributed by atoms with Crippen LogP contribution >= 0.6 is 0 Å². The van der Waals surface area contributed by atoms with Crippen LogP contribution in [0, 0.1) is 5.92 Å². The molecule has 116 valence electrons. The third-order valence-electron chi connectivity index (χ3n) is 4.00. The predicted octanol–water partition coefficient (Wildman–Crippen LogP) is 2.28. The number of hydrogen-bond donors (Lipinski definition) is 2. The average Bonchev–Trinajstić information content (AvgIpc) is 2.95. The van der Waals surface area contributed by atoms with E-state index in [0.717, 1.165) is 18.2 Å². The molecule has 0 radical (unpaired) electrons. The van der Waals surface area contributed by atoms with Crippen molar-refractivity contribution in [3.05, 3.63) is 29.8 Å². The maximum atomic E-state index is 8.61. The Morgan fingerprint density at radius 3 is 2.86 bits per heavy atom. The maximum Gasteiger partial charge on any atom is 0.170 e. The Morgan fingerprint density at radius 1 is 1.43 bits per heavy atom. The summed E-state index contributed by atoms with van der Waals surface area (Å²) in [4.78, 5) is 2.48. The van der Waals surface area contributed by atoms with Crippen LogP contribution in [-0.4, -0.2) is 42.2 Å². The van der Waals surface area contributed by atoms with Crippen LogP contribution in [0.3, 0.4) is 0 Å². The molecular formula is C16H25N3O2. The Kier molecular flexibility index (Phi) is 5.87. The summed E-state index contributed by atoms with van der Waals surface area (Å²) in [5.41, 5.74) is 6.20. The monoisotopic (exact) mass is 291 g/mol. The molecular weight excluding hydrogens is 266 g/mol. The molecule has 1 atom stereocenters. The van der Waals surface area contributed by atoms with E-state index < -0.39 is 0 Å². The maximum absolute atomic E-state index is 8.61. The van der Waals surface area contributed by atoms with Gasteiger partial charge in [-0.1, -0.05) is 18.5 Å². The minimum absolute atomic E-state index is 0.112. The van der Waals surface area contributed by atoms with Crippen molar-refractivity contribution in [2.75, 3.05) is 26.2 Å². The Bertz CT molecular complexity index is 459. The van der Waals surface area contributed by atoms with E-state index >= 15 is 0 Å². The molecule has 3 N–H and O–H groups in total. The van der Waals surface area contributed by atoms with Crippen LogP contribution in [0.25, 0.3) is 0 Å². The number of likely N-dealkylation sites (tertiary alicyclic amines) is 1. The molecule has 0 aromatic heterocycles. The van der Waals surface area contributed by atoms with Gasteiger partial charge in [-0.2, -0.15) is 0 Å². The van der Waals surface area contributed by atoms with Crippen molar-refractivity contribution in [2.24, 2.45) is 16.8 Å². The van der Waals surface area contributed by atoms with E-state index in [0.29, 0.717) is 12.2 Å². The summed E-state index contributed by atoms with van der Waals surface area (Å²) >= 11 is 0. The van der Waals surface area contributed by atoms with Crippen LogP contribution < -0.4 is 10.5 Å². The average molecular weight is 291 g/mol. The Balaban J connectivity index is 1.72. The molecule has 0 spiro atoms. The van der Waals surface area contributed by atoms with Gasteiger partial charge in [-0.25, -0.2) is 0 Å². The molecule has 1 fully saturated rings. The zero-order valence-corrected chi connectivity index (χ0v) is 12.7. The van der Waals surface area contributed by atoms with Gasteiger partial charge in [0.05, 0.1) is 0 Å². The Hall–Kier alpha value is -1.75. The van der Waals surface area contributed by atoms with Gasteiger partial charge in [0, 0.05) is 18.7 Å². The smallest absolute Gasteiger partial charge is 0.170 e. The van der Waals surface area contributed by atoms with Gasteiger partial charge in [0.25, 0.3) is 0 Å². The van der Waals surface area contributed by atoms with Crippen molar-refractivity contribution >= 4 is 5.84 Å². The standard InChI is InChI=1S/C16H25N3O2/c1-2-3-13-8-9-19(12-13)10-11-21-15-6-4-14(5-7-15)16(17)18-20/h4-7,13,20H,2-3,8-12H2,1H3,(H2,17,18). The van der Waals surface area contributed by atoms with Gasteiger partial charge < -0.3 is 15.7 Å². The molecule has 1 aromatic rings. The second-order valence-corrected chi connectivity index (χ2v) is 5.60. The van der Waals surface area contributed by atoms with Crippen LogP contribution in [0.4, 0.5) is 0 Å². The fourth-order valence-corrected chi connectivity index (χ4v) is 2.83. The van der Waals surface area contributed by atoms with Crippen molar-refractivity contribution < 1.29 is 9.94 Å². The van der Waals surface area contributed by atoms with Gasteiger partial charge in [0.1, 0.15) is 12.4 Å². The van der Waals surface area contributed by atoms with E-state index in [-0.39, 0.29) is 5.84 Å². The highest BCUT2D eigenvalue weighted by Crippen LogP contribution is 2.20. The highest BCUT2D eigenvalue weighted by atomic mass is 16.5. The molecule has 1 aliphatic heterocycles. The summed E-state index contributed by atoms with van der Waals surface area (Å²) in [6, 6.07) is 7.27. The first-order chi connectivity index (χ1) is 10.2. The van der Waals surface area contributed by atoms with Crippen molar-refractivity contribution in [1.29, 1.82) is 0 Å². The number of amidine groups is 1. The summed E-state index contributed by atoms with van der Waals surface area (Å²) in [6.45, 7) is 6.32. The Labute approximate surface area is 126 Å². The molecule has 21 heavy (non-hydrogen) atoms. The second-order valence-electron chi connectivity index (χ2n) is 5.60. The van der Waals surface area contributed by atoms with E-state index in [9.17, 15) is 0 Å². The molecule has 1 aromatic carbocycles. The van der Waals surface area contributed by atoms with Crippen LogP contribution in [0.5, 0.6) is 5.75 Å². The van der Waals surface area contributed by atoms with Gasteiger partial charge in [-0.3, -0.25) is 4.90 Å². The number of hydrogen-bond acceptors (Lipinski definition) is 4. The predicted molar refractivity (Wildman–Crippen MR) is 83.9 cm³/mol. The topological polar surface area (TPSA) is 71.1 Å². The first kappa shape index (κ1) is 15.6. The fourth-order valence-electron chi connectivity index (χ4n) is 2.83. The molecule has 0 bridgehead atoms. The minimum Gasteiger partial charge on any atom is -0.492 e. The molecule has 5 heteroatoms. The summed E-state index contributed by atoms with van der Waals surface area (Å²) in [6.07, 6.45) is 3.94. The van der Waals surface area contributed by atoms with Gasteiger partial charge in [0.2, 0.25) is 0 Å². The lowest BCUT2D eigenvalue weighted by Crippen LogP contribution is -2.26. The van der Waals surface area contributed by atoms with Gasteiger partial charge in [-0.05, 0) is 49.6 Å². The SMILES string of the molecule is CCCC1CCN(CCOc2ccc(/C(N)=N/O)cc2)C1. The molecule has 5 nitrogen and oxygen atoms in total. The van der Waals surface area contributed by atoms with E-state index in [4.69, 9.17) is 15.7 Å². The molecule has 0 aliphatic carbocycles. The lowest BCUT2D eigenvalue weighted by atomic mass is 10.0. The number of rotatable bonds is 7. The molecule has 1 unspecified atom stereocenters. The van der Waals surface area contributed by atoms with E-state index in [1.165, 1.54) is 32.4 Å². The van der Waals surface area contributed by atoms with Gasteiger partial charge in [0.15, 0.2) is 5.84 Å². The van der Waals surface area contributed by atoms with Crippen molar-refractivity contribution in [1.82, 2.24) is 4.90 Å². The molecule has 0 amide bonds. The Morgan fingerprint density at radius 2 is 2.19 bits per heavy atom. The normalized spacial score (nSPS) is 19.9. The largest absolute Gasteiger partial charge is 0.492 e. The van der Waals surface area contributed by atoms with E-state index in [1.54, 1.807) is 12.1 Å². The third kappa shape index (κ3) is 4.63. The molecule has 2 rings (SSSR count). The quantitative estimate of drug-likeness (QED) is 0.350. The lowest BCUT2D eigenvalue weighted by Gasteiger charge is -2.16. The molecule has 1 heterocycles. The molecule has 0 saturated carbocycles. The number of oxime groups is 1.